The zero-order chi connectivity index (χ0) is 18.6. The van der Waals surface area contributed by atoms with Crippen LogP contribution in [0, 0.1) is 10.1 Å². The van der Waals surface area contributed by atoms with Crippen LogP contribution in [0.5, 0.6) is 0 Å². The molecule has 0 saturated heterocycles. The van der Waals surface area contributed by atoms with Crippen molar-refractivity contribution in [3.63, 3.8) is 0 Å². The van der Waals surface area contributed by atoms with E-state index in [9.17, 15) is 23.3 Å². The molecule has 0 N–H and O–H groups in total. The molecule has 0 aliphatic rings. The molecule has 0 heterocycles. The van der Waals surface area contributed by atoms with Crippen LogP contribution < -0.4 is 4.31 Å². The van der Waals surface area contributed by atoms with Gasteiger partial charge in [0, 0.05) is 13.1 Å². The lowest BCUT2D eigenvalue weighted by Crippen LogP contribution is -2.27. The van der Waals surface area contributed by atoms with Crippen molar-refractivity contribution in [2.45, 2.75) is 11.8 Å². The highest BCUT2D eigenvalue weighted by molar-refractivity contribution is 7.93. The van der Waals surface area contributed by atoms with Gasteiger partial charge >= 0.3 is 5.97 Å². The number of sulfonamides is 1. The number of anilines is 1. The molecule has 2 aromatic carbocycles. The highest BCUT2D eigenvalue weighted by Crippen LogP contribution is 2.28. The molecule has 0 amide bonds. The summed E-state index contributed by atoms with van der Waals surface area (Å²) in [6.07, 6.45) is 0. The van der Waals surface area contributed by atoms with Crippen LogP contribution in [0.4, 0.5) is 11.4 Å². The van der Waals surface area contributed by atoms with Gasteiger partial charge in [-0.1, -0.05) is 12.1 Å². The van der Waals surface area contributed by atoms with Crippen molar-refractivity contribution in [1.82, 2.24) is 0 Å². The fourth-order valence-electron chi connectivity index (χ4n) is 2.13. The van der Waals surface area contributed by atoms with Crippen LogP contribution in [-0.4, -0.2) is 33.0 Å². The van der Waals surface area contributed by atoms with E-state index in [0.29, 0.717) is 0 Å². The summed E-state index contributed by atoms with van der Waals surface area (Å²) in [5, 5.41) is 11.1. The lowest BCUT2D eigenvalue weighted by molar-refractivity contribution is -0.387. The lowest BCUT2D eigenvalue weighted by Gasteiger charge is -2.19. The van der Waals surface area contributed by atoms with Crippen LogP contribution in [0.25, 0.3) is 0 Å². The predicted octanol–water partition coefficient (Wildman–Crippen LogP) is 2.60. The second-order valence-electron chi connectivity index (χ2n) is 4.96. The third-order valence-corrected chi connectivity index (χ3v) is 5.28. The Morgan fingerprint density at radius 3 is 2.32 bits per heavy atom. The fraction of sp³-hybridized carbons (Fsp3) is 0.188. The first kappa shape index (κ1) is 18.4. The van der Waals surface area contributed by atoms with Gasteiger partial charge in [0.2, 0.25) is 0 Å². The van der Waals surface area contributed by atoms with Crippen molar-refractivity contribution in [2.75, 3.05) is 18.0 Å². The second-order valence-corrected chi connectivity index (χ2v) is 6.90. The van der Waals surface area contributed by atoms with E-state index in [0.717, 1.165) is 10.4 Å². The first-order chi connectivity index (χ1) is 11.8. The molecular formula is C16H16N2O6S. The Balaban J connectivity index is 2.38. The molecule has 0 radical (unpaired) electrons. The molecule has 9 heteroatoms. The Bertz CT molecular complexity index is 893. The largest absolute Gasteiger partial charge is 0.462 e. The smallest absolute Gasteiger partial charge is 0.338 e. The van der Waals surface area contributed by atoms with Gasteiger partial charge in [-0.25, -0.2) is 13.2 Å². The molecule has 0 aliphatic heterocycles. The minimum atomic E-state index is -4.14. The molecule has 0 saturated carbocycles. The quantitative estimate of drug-likeness (QED) is 0.443. The number of para-hydroxylation sites is 1. The fourth-order valence-corrected chi connectivity index (χ4v) is 3.49. The topological polar surface area (TPSA) is 107 Å². The van der Waals surface area contributed by atoms with Crippen molar-refractivity contribution in [1.29, 1.82) is 0 Å². The van der Waals surface area contributed by atoms with Crippen LogP contribution >= 0.6 is 0 Å². The molecule has 0 atom stereocenters. The molecule has 0 bridgehead atoms. The van der Waals surface area contributed by atoms with Crippen molar-refractivity contribution >= 4 is 27.4 Å². The average Bonchev–Trinajstić information content (AvgIpc) is 2.61. The normalized spacial score (nSPS) is 11.0. The summed E-state index contributed by atoms with van der Waals surface area (Å²) >= 11 is 0. The zero-order valence-corrected chi connectivity index (χ0v) is 14.4. The lowest BCUT2D eigenvalue weighted by atomic mass is 10.2. The SMILES string of the molecule is CCOC(=O)c1ccc(N(C)S(=O)(=O)c2ccccc2[N+](=O)[O-])cc1. The molecular weight excluding hydrogens is 348 g/mol. The third-order valence-electron chi connectivity index (χ3n) is 3.44. The minimum Gasteiger partial charge on any atom is -0.462 e. The molecule has 0 fully saturated rings. The number of nitro benzene ring substituents is 1. The van der Waals surface area contributed by atoms with E-state index in [1.54, 1.807) is 6.92 Å². The Kier molecular flexibility index (Phi) is 5.38. The van der Waals surface area contributed by atoms with Crippen molar-refractivity contribution in [2.24, 2.45) is 0 Å². The summed E-state index contributed by atoms with van der Waals surface area (Å²) in [5.74, 6) is -0.516. The van der Waals surface area contributed by atoms with Crippen LogP contribution in [0.3, 0.4) is 0 Å². The summed E-state index contributed by atoms with van der Waals surface area (Å²) in [5.41, 5.74) is 0.0331. The summed E-state index contributed by atoms with van der Waals surface area (Å²) in [4.78, 5) is 21.6. The van der Waals surface area contributed by atoms with E-state index in [4.69, 9.17) is 4.74 Å². The highest BCUT2D eigenvalue weighted by Gasteiger charge is 2.29. The first-order valence-electron chi connectivity index (χ1n) is 7.28. The Hall–Kier alpha value is -2.94. The van der Waals surface area contributed by atoms with Gasteiger partial charge in [-0.15, -0.1) is 0 Å². The number of hydrogen-bond acceptors (Lipinski definition) is 6. The van der Waals surface area contributed by atoms with E-state index < -0.39 is 31.5 Å². The highest BCUT2D eigenvalue weighted by atomic mass is 32.2. The predicted molar refractivity (Wildman–Crippen MR) is 91.1 cm³/mol. The maximum Gasteiger partial charge on any atom is 0.338 e. The molecule has 0 aromatic heterocycles. The van der Waals surface area contributed by atoms with E-state index in [1.165, 1.54) is 49.5 Å². The van der Waals surface area contributed by atoms with Gasteiger partial charge in [-0.05, 0) is 37.3 Å². The van der Waals surface area contributed by atoms with Crippen molar-refractivity contribution in [3.05, 3.63) is 64.2 Å². The molecule has 2 rings (SSSR count). The third kappa shape index (κ3) is 3.77. The molecule has 0 unspecified atom stereocenters. The van der Waals surface area contributed by atoms with E-state index in [2.05, 4.69) is 0 Å². The summed E-state index contributed by atoms with van der Waals surface area (Å²) in [6.45, 7) is 1.91. The average molecular weight is 364 g/mol. The van der Waals surface area contributed by atoms with Gasteiger partial charge in [0.25, 0.3) is 15.7 Å². The minimum absolute atomic E-state index is 0.229. The number of benzene rings is 2. The van der Waals surface area contributed by atoms with Crippen LogP contribution in [-0.2, 0) is 14.8 Å². The monoisotopic (exact) mass is 364 g/mol. The van der Waals surface area contributed by atoms with E-state index in [-0.39, 0.29) is 17.9 Å². The Morgan fingerprint density at radius 1 is 1.16 bits per heavy atom. The van der Waals surface area contributed by atoms with Gasteiger partial charge in [0.1, 0.15) is 0 Å². The molecule has 8 nitrogen and oxygen atoms in total. The molecule has 132 valence electrons. The van der Waals surface area contributed by atoms with Crippen LogP contribution in [0.1, 0.15) is 17.3 Å². The van der Waals surface area contributed by atoms with E-state index in [1.807, 2.05) is 0 Å². The standard InChI is InChI=1S/C16H16N2O6S/c1-3-24-16(19)12-8-10-13(11-9-12)17(2)25(22,23)15-7-5-4-6-14(15)18(20)21/h4-11H,3H2,1-2H3. The number of hydrogen-bond donors (Lipinski definition) is 0. The maximum atomic E-state index is 12.7. The molecule has 2 aromatic rings. The van der Waals surface area contributed by atoms with Gasteiger partial charge < -0.3 is 4.74 Å². The van der Waals surface area contributed by atoms with Gasteiger partial charge in [-0.3, -0.25) is 14.4 Å². The van der Waals surface area contributed by atoms with Crippen LogP contribution in [0.2, 0.25) is 0 Å². The number of rotatable bonds is 6. The zero-order valence-electron chi connectivity index (χ0n) is 13.6. The maximum absolute atomic E-state index is 12.7. The van der Waals surface area contributed by atoms with Gasteiger partial charge in [0.15, 0.2) is 4.90 Å². The summed E-state index contributed by atoms with van der Waals surface area (Å²) < 4.78 is 31.2. The van der Waals surface area contributed by atoms with E-state index >= 15 is 0 Å². The molecule has 0 aliphatic carbocycles. The molecule has 25 heavy (non-hydrogen) atoms. The molecule has 0 spiro atoms. The Morgan fingerprint density at radius 2 is 1.76 bits per heavy atom. The number of nitrogens with zero attached hydrogens (tertiary/aromatic N) is 2. The second kappa shape index (κ2) is 7.31. The summed E-state index contributed by atoms with van der Waals surface area (Å²) in [6, 6.07) is 10.8. The number of esters is 1. The van der Waals surface area contributed by atoms with Gasteiger partial charge in [0.05, 0.1) is 22.8 Å². The number of carbonyl (C=O) groups is 1. The van der Waals surface area contributed by atoms with Gasteiger partial charge in [-0.2, -0.15) is 0 Å². The Labute approximate surface area is 144 Å². The first-order valence-corrected chi connectivity index (χ1v) is 8.72. The number of nitro groups is 1. The summed E-state index contributed by atoms with van der Waals surface area (Å²) in [7, 11) is -2.85. The number of carbonyl (C=O) groups excluding carboxylic acids is 1. The number of ether oxygens (including phenoxy) is 1. The van der Waals surface area contributed by atoms with Crippen molar-refractivity contribution in [3.8, 4) is 0 Å². The van der Waals surface area contributed by atoms with Crippen molar-refractivity contribution < 1.29 is 22.9 Å². The van der Waals surface area contributed by atoms with Crippen LogP contribution in [0.15, 0.2) is 53.4 Å².